The van der Waals surface area contributed by atoms with Crippen LogP contribution in [0.3, 0.4) is 0 Å². The number of hydrogen-bond donors (Lipinski definition) is 1. The van der Waals surface area contributed by atoms with Gasteiger partial charge in [0.2, 0.25) is 5.75 Å². The second-order valence-electron chi connectivity index (χ2n) is 3.78. The van der Waals surface area contributed by atoms with Gasteiger partial charge in [0.1, 0.15) is 5.75 Å². The number of nitrogens with zero attached hydrogens (tertiary/aromatic N) is 1. The lowest BCUT2D eigenvalue weighted by atomic mass is 10.2. The third kappa shape index (κ3) is 3.42. The minimum Gasteiger partial charge on any atom is -0.450 e. The average Bonchev–Trinajstić information content (AvgIpc) is 2.39. The minimum atomic E-state index is -0.525. The summed E-state index contributed by atoms with van der Waals surface area (Å²) < 4.78 is 6.50. The third-order valence-corrected chi connectivity index (χ3v) is 3.10. The topological polar surface area (TPSA) is 72.6 Å². The Bertz CT molecular complexity index is 615. The Kier molecular flexibility index (Phi) is 4.33. The Morgan fingerprint density at radius 2 is 2.05 bits per heavy atom. The Morgan fingerprint density at radius 1 is 1.26 bits per heavy atom. The van der Waals surface area contributed by atoms with Crippen LogP contribution in [0.5, 0.6) is 11.5 Å². The van der Waals surface area contributed by atoms with Crippen LogP contribution in [0, 0.1) is 13.7 Å². The number of aliphatic hydroxyl groups excluding tert-OH is 1. The van der Waals surface area contributed by atoms with E-state index in [1.807, 2.05) is 12.1 Å². The van der Waals surface area contributed by atoms with Crippen molar-refractivity contribution in [3.8, 4) is 11.5 Å². The summed E-state index contributed by atoms with van der Waals surface area (Å²) in [5.41, 5.74) is 0.312. The highest BCUT2D eigenvalue weighted by molar-refractivity contribution is 14.1. The Morgan fingerprint density at radius 3 is 2.68 bits per heavy atom. The van der Waals surface area contributed by atoms with Gasteiger partial charge in [-0.2, -0.15) is 0 Å². The summed E-state index contributed by atoms with van der Waals surface area (Å²) in [4.78, 5) is 10.5. The van der Waals surface area contributed by atoms with Gasteiger partial charge in [-0.25, -0.2) is 0 Å². The van der Waals surface area contributed by atoms with Crippen LogP contribution >= 0.6 is 22.6 Å². The summed E-state index contributed by atoms with van der Waals surface area (Å²) >= 11 is 2.13. The van der Waals surface area contributed by atoms with Crippen LogP contribution in [-0.4, -0.2) is 10.0 Å². The third-order valence-electron chi connectivity index (χ3n) is 2.43. The van der Waals surface area contributed by atoms with Crippen molar-refractivity contribution < 1.29 is 14.8 Å². The summed E-state index contributed by atoms with van der Waals surface area (Å²) in [6.07, 6.45) is 0. The maximum absolute atomic E-state index is 11.0. The predicted molar refractivity (Wildman–Crippen MR) is 78.3 cm³/mol. The number of halogens is 1. The average molecular weight is 371 g/mol. The molecule has 0 saturated carbocycles. The lowest BCUT2D eigenvalue weighted by Crippen LogP contribution is -1.95. The second-order valence-corrected chi connectivity index (χ2v) is 5.02. The fraction of sp³-hybridized carbons (Fsp3) is 0.0769. The first-order chi connectivity index (χ1) is 9.10. The van der Waals surface area contributed by atoms with Crippen molar-refractivity contribution in [1.82, 2.24) is 0 Å². The van der Waals surface area contributed by atoms with Crippen LogP contribution in [0.2, 0.25) is 0 Å². The van der Waals surface area contributed by atoms with E-state index in [0.717, 1.165) is 3.57 Å². The summed E-state index contributed by atoms with van der Waals surface area (Å²) in [5.74, 6) is 0.691. The molecule has 0 bridgehead atoms. The number of ether oxygens (including phenoxy) is 1. The van der Waals surface area contributed by atoms with Crippen molar-refractivity contribution in [3.63, 3.8) is 0 Å². The molecule has 5 nitrogen and oxygen atoms in total. The molecule has 0 radical (unpaired) electrons. The van der Waals surface area contributed by atoms with Crippen molar-refractivity contribution in [2.45, 2.75) is 6.61 Å². The van der Waals surface area contributed by atoms with E-state index in [-0.39, 0.29) is 18.0 Å². The molecule has 0 spiro atoms. The van der Waals surface area contributed by atoms with E-state index < -0.39 is 4.92 Å². The van der Waals surface area contributed by atoms with Gasteiger partial charge < -0.3 is 9.84 Å². The predicted octanol–water partition coefficient (Wildman–Crippen LogP) is 3.48. The SMILES string of the molecule is O=[N+]([O-])c1cc(CO)ccc1Oc1cccc(I)c1. The largest absolute Gasteiger partial charge is 0.450 e. The molecule has 6 heteroatoms. The molecule has 0 aromatic heterocycles. The number of nitro groups is 1. The van der Waals surface area contributed by atoms with Crippen LogP contribution in [0.25, 0.3) is 0 Å². The zero-order valence-corrected chi connectivity index (χ0v) is 11.9. The normalized spacial score (nSPS) is 10.2. The summed E-state index contributed by atoms with van der Waals surface area (Å²) in [7, 11) is 0. The van der Waals surface area contributed by atoms with Gasteiger partial charge in [0.05, 0.1) is 11.5 Å². The quantitative estimate of drug-likeness (QED) is 0.508. The van der Waals surface area contributed by atoms with Gasteiger partial charge in [0, 0.05) is 9.64 Å². The molecule has 2 rings (SSSR count). The molecule has 1 N–H and O–H groups in total. The van der Waals surface area contributed by atoms with Gasteiger partial charge in [0.25, 0.3) is 0 Å². The first kappa shape index (κ1) is 13.8. The molecule has 2 aromatic rings. The monoisotopic (exact) mass is 371 g/mol. The molecule has 2 aromatic carbocycles. The zero-order valence-electron chi connectivity index (χ0n) is 9.75. The van der Waals surface area contributed by atoms with Crippen molar-refractivity contribution in [2.24, 2.45) is 0 Å². The molecule has 98 valence electrons. The number of rotatable bonds is 4. The van der Waals surface area contributed by atoms with Crippen molar-refractivity contribution >= 4 is 28.3 Å². The molecule has 19 heavy (non-hydrogen) atoms. The highest BCUT2D eigenvalue weighted by atomic mass is 127. The van der Waals surface area contributed by atoms with E-state index in [1.54, 1.807) is 18.2 Å². The highest BCUT2D eigenvalue weighted by Gasteiger charge is 2.16. The van der Waals surface area contributed by atoms with Crippen molar-refractivity contribution in [3.05, 3.63) is 61.7 Å². The smallest absolute Gasteiger partial charge is 0.311 e. The van der Waals surface area contributed by atoms with Crippen LogP contribution in [0.15, 0.2) is 42.5 Å². The molecule has 0 saturated heterocycles. The summed E-state index contributed by atoms with van der Waals surface area (Å²) in [6.45, 7) is -0.246. The van der Waals surface area contributed by atoms with Crippen LogP contribution in [0.1, 0.15) is 5.56 Å². The van der Waals surface area contributed by atoms with E-state index in [2.05, 4.69) is 22.6 Å². The molecular formula is C13H10INO4. The van der Waals surface area contributed by atoms with Gasteiger partial charge in [-0.1, -0.05) is 12.1 Å². The van der Waals surface area contributed by atoms with Crippen LogP contribution in [0.4, 0.5) is 5.69 Å². The molecule has 0 fully saturated rings. The summed E-state index contributed by atoms with van der Waals surface area (Å²) in [5, 5.41) is 20.0. The van der Waals surface area contributed by atoms with E-state index in [1.165, 1.54) is 12.1 Å². The molecule has 0 aliphatic carbocycles. The van der Waals surface area contributed by atoms with Crippen molar-refractivity contribution in [1.29, 1.82) is 0 Å². The van der Waals surface area contributed by atoms with Gasteiger partial charge in [-0.15, -0.1) is 0 Å². The molecule has 0 aliphatic rings. The molecular weight excluding hydrogens is 361 g/mol. The Balaban J connectivity index is 2.36. The summed E-state index contributed by atoms with van der Waals surface area (Å²) in [6, 6.07) is 11.6. The van der Waals surface area contributed by atoms with Crippen LogP contribution < -0.4 is 4.74 Å². The van der Waals surface area contributed by atoms with Gasteiger partial charge in [0.15, 0.2) is 0 Å². The molecule has 0 atom stereocenters. The van der Waals surface area contributed by atoms with Crippen molar-refractivity contribution in [2.75, 3.05) is 0 Å². The van der Waals surface area contributed by atoms with Gasteiger partial charge in [-0.3, -0.25) is 10.1 Å². The van der Waals surface area contributed by atoms with Gasteiger partial charge in [-0.05, 0) is 52.4 Å². The lowest BCUT2D eigenvalue weighted by molar-refractivity contribution is -0.385. The van der Waals surface area contributed by atoms with Crippen LogP contribution in [-0.2, 0) is 6.61 Å². The Labute approximate surface area is 123 Å². The highest BCUT2D eigenvalue weighted by Crippen LogP contribution is 2.32. The number of nitro benzene ring substituents is 1. The number of benzene rings is 2. The number of hydrogen-bond acceptors (Lipinski definition) is 4. The molecule has 0 unspecified atom stereocenters. The first-order valence-corrected chi connectivity index (χ1v) is 6.49. The number of aliphatic hydroxyl groups is 1. The van der Waals surface area contributed by atoms with E-state index in [0.29, 0.717) is 11.3 Å². The van der Waals surface area contributed by atoms with E-state index in [4.69, 9.17) is 9.84 Å². The first-order valence-electron chi connectivity index (χ1n) is 5.42. The minimum absolute atomic E-state index is 0.157. The molecule has 0 amide bonds. The molecule has 0 aliphatic heterocycles. The van der Waals surface area contributed by atoms with E-state index >= 15 is 0 Å². The maximum atomic E-state index is 11.0. The fourth-order valence-electron chi connectivity index (χ4n) is 1.55. The second kappa shape index (κ2) is 5.98. The van der Waals surface area contributed by atoms with E-state index in [9.17, 15) is 10.1 Å². The fourth-order valence-corrected chi connectivity index (χ4v) is 2.06. The maximum Gasteiger partial charge on any atom is 0.311 e. The molecule has 0 heterocycles. The van der Waals surface area contributed by atoms with Gasteiger partial charge >= 0.3 is 5.69 Å². The standard InChI is InChI=1S/C13H10INO4/c14-10-2-1-3-11(7-10)19-13-5-4-9(8-16)6-12(13)15(17)18/h1-7,16H,8H2. The lowest BCUT2D eigenvalue weighted by Gasteiger charge is -2.07. The Hall–Kier alpha value is -1.67. The zero-order chi connectivity index (χ0) is 13.8.